The molecule has 6 N–H and O–H groups in total. The summed E-state index contributed by atoms with van der Waals surface area (Å²) in [4.78, 5) is 8.47. The smallest absolute Gasteiger partial charge is 0.222 e. The molecule has 2 aliphatic rings. The second kappa shape index (κ2) is 3.77. The van der Waals surface area contributed by atoms with E-state index in [0.29, 0.717) is 5.82 Å². The fourth-order valence-corrected chi connectivity index (χ4v) is 3.11. The zero-order valence-corrected chi connectivity index (χ0v) is 12.5. The van der Waals surface area contributed by atoms with Crippen LogP contribution in [0.2, 0.25) is 0 Å². The van der Waals surface area contributed by atoms with E-state index < -0.39 is 0 Å². The van der Waals surface area contributed by atoms with Gasteiger partial charge in [-0.15, -0.1) is 0 Å². The van der Waals surface area contributed by atoms with Crippen LogP contribution in [0.1, 0.15) is 46.2 Å². The largest absolute Gasteiger partial charge is 0.382 e. The summed E-state index contributed by atoms with van der Waals surface area (Å²) in [5, 5.41) is 6.93. The monoisotopic (exact) mass is 274 g/mol. The van der Waals surface area contributed by atoms with Gasteiger partial charge in [0, 0.05) is 11.0 Å². The van der Waals surface area contributed by atoms with Crippen LogP contribution in [0, 0.1) is 0 Å². The molecule has 6 heteroatoms. The number of nitrogens with two attached hydrogens (primary N) is 2. The summed E-state index contributed by atoms with van der Waals surface area (Å²) in [7, 11) is 0. The molecule has 0 aliphatic carbocycles. The van der Waals surface area contributed by atoms with Gasteiger partial charge in [-0.25, -0.2) is 4.98 Å². The Kier molecular flexibility index (Phi) is 2.46. The molecule has 6 nitrogen and oxygen atoms in total. The van der Waals surface area contributed by atoms with Crippen molar-refractivity contribution in [3.63, 3.8) is 0 Å². The fraction of sp³-hybridized carbons (Fsp3) is 0.571. The third kappa shape index (κ3) is 1.78. The van der Waals surface area contributed by atoms with E-state index in [1.165, 1.54) is 5.57 Å². The predicted molar refractivity (Wildman–Crippen MR) is 81.0 cm³/mol. The van der Waals surface area contributed by atoms with Crippen LogP contribution >= 0.6 is 0 Å². The van der Waals surface area contributed by atoms with Crippen molar-refractivity contribution in [2.45, 2.75) is 51.5 Å². The van der Waals surface area contributed by atoms with Crippen molar-refractivity contribution < 1.29 is 0 Å². The topological polar surface area (TPSA) is 102 Å². The molecular weight excluding hydrogens is 252 g/mol. The Balaban J connectivity index is 2.16. The molecule has 0 bridgehead atoms. The van der Waals surface area contributed by atoms with Crippen molar-refractivity contribution in [2.75, 3.05) is 16.8 Å². The summed E-state index contributed by atoms with van der Waals surface area (Å²) >= 11 is 0. The Morgan fingerprint density at radius 2 is 1.80 bits per heavy atom. The summed E-state index contributed by atoms with van der Waals surface area (Å²) in [5.74, 6) is 1.67. The van der Waals surface area contributed by atoms with Crippen molar-refractivity contribution in [3.8, 4) is 0 Å². The molecule has 1 aromatic heterocycles. The number of allylic oxidation sites excluding steroid dienone is 1. The second-order valence-corrected chi connectivity index (χ2v) is 6.80. The van der Waals surface area contributed by atoms with Gasteiger partial charge in [0.15, 0.2) is 5.82 Å². The maximum atomic E-state index is 6.01. The molecule has 0 fully saturated rings. The lowest BCUT2D eigenvalue weighted by Gasteiger charge is -2.44. The van der Waals surface area contributed by atoms with E-state index in [1.807, 2.05) is 0 Å². The Bertz CT molecular complexity index is 614. The van der Waals surface area contributed by atoms with E-state index >= 15 is 0 Å². The minimum atomic E-state index is -0.204. The highest BCUT2D eigenvalue weighted by Gasteiger charge is 2.41. The first kappa shape index (κ1) is 13.0. The first-order chi connectivity index (χ1) is 9.21. The van der Waals surface area contributed by atoms with Crippen molar-refractivity contribution in [2.24, 2.45) is 0 Å². The number of anilines is 3. The molecule has 0 aromatic carbocycles. The lowest BCUT2D eigenvalue weighted by atomic mass is 9.73. The van der Waals surface area contributed by atoms with E-state index in [4.69, 9.17) is 11.5 Å². The molecule has 1 aromatic rings. The molecule has 0 atom stereocenters. The van der Waals surface area contributed by atoms with Crippen LogP contribution in [0.3, 0.4) is 0 Å². The first-order valence-corrected chi connectivity index (χ1v) is 6.93. The van der Waals surface area contributed by atoms with Gasteiger partial charge >= 0.3 is 0 Å². The summed E-state index contributed by atoms with van der Waals surface area (Å²) in [6.07, 6.45) is 2.11. The van der Waals surface area contributed by atoms with Gasteiger partial charge in [0.2, 0.25) is 5.95 Å². The zero-order valence-electron chi connectivity index (χ0n) is 12.5. The molecule has 108 valence electrons. The minimum absolute atomic E-state index is 0.0723. The third-order valence-corrected chi connectivity index (χ3v) is 4.32. The van der Waals surface area contributed by atoms with Gasteiger partial charge in [-0.3, -0.25) is 0 Å². The van der Waals surface area contributed by atoms with Crippen molar-refractivity contribution >= 4 is 17.5 Å². The molecule has 3 heterocycles. The quantitative estimate of drug-likeness (QED) is 0.574. The van der Waals surface area contributed by atoms with Crippen LogP contribution in [0.4, 0.5) is 17.5 Å². The van der Waals surface area contributed by atoms with Crippen molar-refractivity contribution in [1.29, 1.82) is 0 Å². The lowest BCUT2D eigenvalue weighted by Crippen LogP contribution is -2.48. The predicted octanol–water partition coefficient (Wildman–Crippen LogP) is 1.72. The van der Waals surface area contributed by atoms with E-state index in [2.05, 4.69) is 48.3 Å². The van der Waals surface area contributed by atoms with Crippen LogP contribution in [0.25, 0.3) is 0 Å². The van der Waals surface area contributed by atoms with E-state index in [0.717, 1.165) is 30.0 Å². The summed E-state index contributed by atoms with van der Waals surface area (Å²) in [6, 6.07) is 0. The van der Waals surface area contributed by atoms with E-state index in [1.54, 1.807) is 0 Å². The third-order valence-electron chi connectivity index (χ3n) is 4.32. The molecule has 20 heavy (non-hydrogen) atoms. The molecule has 0 saturated heterocycles. The number of aromatic nitrogens is 2. The Labute approximate surface area is 119 Å². The number of nitrogens with one attached hydrogen (secondary N) is 2. The normalized spacial score (nSPS) is 22.4. The van der Waals surface area contributed by atoms with Crippen molar-refractivity contribution in [3.05, 3.63) is 17.1 Å². The molecule has 2 aliphatic heterocycles. The molecule has 3 rings (SSSR count). The molecule has 0 spiro atoms. The number of fused-ring (bicyclic) bond motifs is 1. The lowest BCUT2D eigenvalue weighted by molar-refractivity contribution is 0.350. The minimum Gasteiger partial charge on any atom is -0.382 e. The highest BCUT2D eigenvalue weighted by molar-refractivity contribution is 5.74. The molecular formula is C14H22N6. The average molecular weight is 274 g/mol. The summed E-state index contributed by atoms with van der Waals surface area (Å²) in [6.45, 7) is 8.72. The highest BCUT2D eigenvalue weighted by atomic mass is 15.2. The van der Waals surface area contributed by atoms with Gasteiger partial charge in [0.25, 0.3) is 0 Å². The highest BCUT2D eigenvalue weighted by Crippen LogP contribution is 2.46. The van der Waals surface area contributed by atoms with Gasteiger partial charge in [0.1, 0.15) is 11.5 Å². The van der Waals surface area contributed by atoms with Crippen molar-refractivity contribution in [1.82, 2.24) is 15.3 Å². The number of nitrogen functional groups attached to an aromatic ring is 2. The van der Waals surface area contributed by atoms with Gasteiger partial charge in [-0.2, -0.15) is 4.98 Å². The van der Waals surface area contributed by atoms with Crippen LogP contribution in [0.15, 0.2) is 11.4 Å². The first-order valence-electron chi connectivity index (χ1n) is 6.93. The van der Waals surface area contributed by atoms with Crippen LogP contribution in [-0.2, 0) is 5.41 Å². The molecule has 0 amide bonds. The number of hydrogen-bond donors (Lipinski definition) is 4. The maximum Gasteiger partial charge on any atom is 0.222 e. The van der Waals surface area contributed by atoms with E-state index in [-0.39, 0.29) is 16.9 Å². The molecule has 0 radical (unpaired) electrons. The average Bonchev–Trinajstić information content (AvgIpc) is 2.29. The zero-order chi connectivity index (χ0) is 14.7. The summed E-state index contributed by atoms with van der Waals surface area (Å²) in [5.41, 5.74) is 14.6. The van der Waals surface area contributed by atoms with Crippen LogP contribution in [0.5, 0.6) is 0 Å². The van der Waals surface area contributed by atoms with Crippen LogP contribution < -0.4 is 22.1 Å². The standard InChI is InChI=1S/C14H22N6/c1-13(2)6-5-7-11(20-13)17-8-9(14(7,3)4)18-12(16)19-10(8)15/h17,20H,5-6H2,1-4H3,(H4,15,16,18,19). The van der Waals surface area contributed by atoms with Gasteiger partial charge in [0.05, 0.1) is 5.69 Å². The van der Waals surface area contributed by atoms with E-state index in [9.17, 15) is 0 Å². The Morgan fingerprint density at radius 1 is 1.10 bits per heavy atom. The summed E-state index contributed by atoms with van der Waals surface area (Å²) < 4.78 is 0. The molecule has 0 saturated carbocycles. The second-order valence-electron chi connectivity index (χ2n) is 6.80. The van der Waals surface area contributed by atoms with Gasteiger partial charge in [-0.1, -0.05) is 13.8 Å². The Morgan fingerprint density at radius 3 is 2.50 bits per heavy atom. The molecule has 0 unspecified atom stereocenters. The van der Waals surface area contributed by atoms with Gasteiger partial charge < -0.3 is 22.1 Å². The Hall–Kier alpha value is -1.98. The number of nitrogens with zero attached hydrogens (tertiary/aromatic N) is 2. The van der Waals surface area contributed by atoms with Gasteiger partial charge in [-0.05, 0) is 32.3 Å². The number of hydrogen-bond acceptors (Lipinski definition) is 6. The number of rotatable bonds is 0. The SMILES string of the molecule is CC1(C)CCC2=C(Nc3c(N)nc(N)nc3C2(C)C)N1. The maximum absolute atomic E-state index is 6.01. The van der Waals surface area contributed by atoms with Crippen LogP contribution in [-0.4, -0.2) is 15.5 Å². The fourth-order valence-electron chi connectivity index (χ4n) is 3.11.